The summed E-state index contributed by atoms with van der Waals surface area (Å²) >= 11 is 0. The van der Waals surface area contributed by atoms with E-state index in [0.29, 0.717) is 5.54 Å². The minimum atomic E-state index is 0.418. The molecule has 0 radical (unpaired) electrons. The first-order valence-electron chi connectivity index (χ1n) is 6.65. The highest BCUT2D eigenvalue weighted by atomic mass is 15.2. The molecule has 3 atom stereocenters. The summed E-state index contributed by atoms with van der Waals surface area (Å²) in [6, 6.07) is 0. The molecule has 0 saturated heterocycles. The van der Waals surface area contributed by atoms with Crippen molar-refractivity contribution in [3.8, 4) is 0 Å². The Bertz CT molecular complexity index is 247. The van der Waals surface area contributed by atoms with Crippen LogP contribution in [0.1, 0.15) is 38.5 Å². The van der Waals surface area contributed by atoms with Crippen LogP contribution in [0.3, 0.4) is 0 Å². The smallest absolute Gasteiger partial charge is 0.0330 e. The second kappa shape index (κ2) is 3.46. The van der Waals surface area contributed by atoms with E-state index in [4.69, 9.17) is 5.73 Å². The van der Waals surface area contributed by atoms with E-state index in [1.807, 2.05) is 0 Å². The normalized spacial score (nSPS) is 41.4. The van der Waals surface area contributed by atoms with Gasteiger partial charge in [-0.25, -0.2) is 0 Å². The van der Waals surface area contributed by atoms with Crippen molar-refractivity contribution in [3.63, 3.8) is 0 Å². The van der Waals surface area contributed by atoms with Crippen LogP contribution in [-0.4, -0.2) is 30.6 Å². The van der Waals surface area contributed by atoms with Gasteiger partial charge in [0.1, 0.15) is 0 Å². The van der Waals surface area contributed by atoms with Gasteiger partial charge in [-0.05, 0) is 56.9 Å². The number of fused-ring (bicyclic) bond motifs is 2. The molecule has 0 heterocycles. The molecule has 3 rings (SSSR count). The fourth-order valence-corrected chi connectivity index (χ4v) is 4.03. The highest BCUT2D eigenvalue weighted by Gasteiger charge is 2.47. The predicted molar refractivity (Wildman–Crippen MR) is 62.6 cm³/mol. The van der Waals surface area contributed by atoms with E-state index >= 15 is 0 Å². The van der Waals surface area contributed by atoms with Crippen molar-refractivity contribution in [2.45, 2.75) is 44.1 Å². The van der Waals surface area contributed by atoms with Gasteiger partial charge < -0.3 is 5.73 Å². The van der Waals surface area contributed by atoms with E-state index in [9.17, 15) is 0 Å². The molecule has 3 saturated carbocycles. The molecule has 3 aliphatic rings. The van der Waals surface area contributed by atoms with Crippen LogP contribution < -0.4 is 5.73 Å². The average molecular weight is 208 g/mol. The van der Waals surface area contributed by atoms with Crippen molar-refractivity contribution in [1.29, 1.82) is 0 Å². The Morgan fingerprint density at radius 3 is 2.53 bits per heavy atom. The van der Waals surface area contributed by atoms with Crippen LogP contribution in [-0.2, 0) is 0 Å². The standard InChI is InChI=1S/C13H24N2/c1-15(13(9-14)4-5-13)8-12-7-10-2-3-11(12)6-10/h10-12H,2-9,14H2,1H3. The summed E-state index contributed by atoms with van der Waals surface area (Å²) < 4.78 is 0. The Balaban J connectivity index is 1.57. The largest absolute Gasteiger partial charge is 0.329 e. The molecule has 3 fully saturated rings. The lowest BCUT2D eigenvalue weighted by molar-refractivity contribution is 0.162. The van der Waals surface area contributed by atoms with Gasteiger partial charge in [-0.1, -0.05) is 6.42 Å². The number of likely N-dealkylation sites (N-methyl/N-ethyl adjacent to an activating group) is 1. The number of hydrogen-bond acceptors (Lipinski definition) is 2. The SMILES string of the molecule is CN(CC1CC2CCC1C2)C1(CN)CC1. The first kappa shape index (κ1) is 10.1. The van der Waals surface area contributed by atoms with Crippen molar-refractivity contribution in [2.24, 2.45) is 23.5 Å². The Kier molecular flexibility index (Phi) is 2.33. The highest BCUT2D eigenvalue weighted by molar-refractivity contribution is 5.04. The van der Waals surface area contributed by atoms with Crippen LogP contribution in [0.5, 0.6) is 0 Å². The summed E-state index contributed by atoms with van der Waals surface area (Å²) in [6.07, 6.45) is 8.75. The van der Waals surface area contributed by atoms with Crippen LogP contribution >= 0.6 is 0 Å². The molecular weight excluding hydrogens is 184 g/mol. The Labute approximate surface area is 93.2 Å². The molecule has 0 aromatic rings. The molecule has 0 aromatic carbocycles. The lowest BCUT2D eigenvalue weighted by atomic mass is 9.88. The average Bonchev–Trinajstić information content (AvgIpc) is 2.79. The van der Waals surface area contributed by atoms with E-state index in [1.165, 1.54) is 45.1 Å². The van der Waals surface area contributed by atoms with Gasteiger partial charge in [-0.2, -0.15) is 0 Å². The zero-order valence-electron chi connectivity index (χ0n) is 9.91. The van der Waals surface area contributed by atoms with Crippen LogP contribution in [0.2, 0.25) is 0 Å². The first-order valence-corrected chi connectivity index (χ1v) is 6.65. The predicted octanol–water partition coefficient (Wildman–Crippen LogP) is 1.85. The molecule has 2 nitrogen and oxygen atoms in total. The molecule has 86 valence electrons. The minimum Gasteiger partial charge on any atom is -0.329 e. The maximum Gasteiger partial charge on any atom is 0.0330 e. The van der Waals surface area contributed by atoms with Gasteiger partial charge in [-0.3, -0.25) is 4.90 Å². The van der Waals surface area contributed by atoms with Crippen LogP contribution in [0.15, 0.2) is 0 Å². The zero-order valence-corrected chi connectivity index (χ0v) is 9.91. The maximum atomic E-state index is 5.88. The molecule has 2 bridgehead atoms. The summed E-state index contributed by atoms with van der Waals surface area (Å²) in [5.74, 6) is 3.14. The van der Waals surface area contributed by atoms with Gasteiger partial charge >= 0.3 is 0 Å². The molecule has 2 heteroatoms. The molecular formula is C13H24N2. The Morgan fingerprint density at radius 1 is 1.27 bits per heavy atom. The quantitative estimate of drug-likeness (QED) is 0.764. The molecule has 0 spiro atoms. The second-order valence-corrected chi connectivity index (χ2v) is 6.24. The van der Waals surface area contributed by atoms with Gasteiger partial charge in [0.2, 0.25) is 0 Å². The van der Waals surface area contributed by atoms with Gasteiger partial charge in [0, 0.05) is 18.6 Å². The zero-order chi connectivity index (χ0) is 10.5. The first-order chi connectivity index (χ1) is 7.23. The van der Waals surface area contributed by atoms with Gasteiger partial charge in [0.05, 0.1) is 0 Å². The second-order valence-electron chi connectivity index (χ2n) is 6.24. The minimum absolute atomic E-state index is 0.418. The summed E-state index contributed by atoms with van der Waals surface area (Å²) in [5.41, 5.74) is 6.30. The summed E-state index contributed by atoms with van der Waals surface area (Å²) in [7, 11) is 2.30. The third-order valence-corrected chi connectivity index (χ3v) is 5.41. The Morgan fingerprint density at radius 2 is 2.07 bits per heavy atom. The van der Waals surface area contributed by atoms with Crippen molar-refractivity contribution >= 4 is 0 Å². The van der Waals surface area contributed by atoms with E-state index in [-0.39, 0.29) is 0 Å². The molecule has 3 unspecified atom stereocenters. The van der Waals surface area contributed by atoms with E-state index in [2.05, 4.69) is 11.9 Å². The van der Waals surface area contributed by atoms with Crippen molar-refractivity contribution < 1.29 is 0 Å². The summed E-state index contributed by atoms with van der Waals surface area (Å²) in [5, 5.41) is 0. The van der Waals surface area contributed by atoms with Crippen molar-refractivity contribution in [2.75, 3.05) is 20.1 Å². The summed E-state index contributed by atoms with van der Waals surface area (Å²) in [4.78, 5) is 2.58. The third-order valence-electron chi connectivity index (χ3n) is 5.41. The highest BCUT2D eigenvalue weighted by Crippen LogP contribution is 2.50. The molecule has 3 aliphatic carbocycles. The number of nitrogens with two attached hydrogens (primary N) is 1. The number of hydrogen-bond donors (Lipinski definition) is 1. The number of rotatable bonds is 4. The number of nitrogens with zero attached hydrogens (tertiary/aromatic N) is 1. The fraction of sp³-hybridized carbons (Fsp3) is 1.00. The lowest BCUT2D eigenvalue weighted by Gasteiger charge is -2.32. The monoisotopic (exact) mass is 208 g/mol. The van der Waals surface area contributed by atoms with Crippen molar-refractivity contribution in [3.05, 3.63) is 0 Å². The van der Waals surface area contributed by atoms with Gasteiger partial charge in [-0.15, -0.1) is 0 Å². The summed E-state index contributed by atoms with van der Waals surface area (Å²) in [6.45, 7) is 2.18. The molecule has 15 heavy (non-hydrogen) atoms. The Hall–Kier alpha value is -0.0800. The van der Waals surface area contributed by atoms with Crippen LogP contribution in [0.4, 0.5) is 0 Å². The molecule has 2 N–H and O–H groups in total. The van der Waals surface area contributed by atoms with Crippen LogP contribution in [0.25, 0.3) is 0 Å². The third kappa shape index (κ3) is 1.62. The topological polar surface area (TPSA) is 29.3 Å². The van der Waals surface area contributed by atoms with Crippen molar-refractivity contribution in [1.82, 2.24) is 4.90 Å². The molecule has 0 amide bonds. The maximum absolute atomic E-state index is 5.88. The van der Waals surface area contributed by atoms with Gasteiger partial charge in [0.15, 0.2) is 0 Å². The van der Waals surface area contributed by atoms with Crippen LogP contribution in [0, 0.1) is 17.8 Å². The molecule has 0 aromatic heterocycles. The lowest BCUT2D eigenvalue weighted by Crippen LogP contribution is -2.43. The van der Waals surface area contributed by atoms with E-state index in [1.54, 1.807) is 0 Å². The van der Waals surface area contributed by atoms with E-state index in [0.717, 1.165) is 24.3 Å². The van der Waals surface area contributed by atoms with E-state index < -0.39 is 0 Å². The molecule has 0 aliphatic heterocycles. The fourth-order valence-electron chi connectivity index (χ4n) is 4.03. The van der Waals surface area contributed by atoms with Gasteiger partial charge in [0.25, 0.3) is 0 Å².